The maximum Gasteiger partial charge on any atom is 0.230 e. The molecule has 0 aliphatic carbocycles. The Kier molecular flexibility index (Phi) is 10.8. The van der Waals surface area contributed by atoms with Crippen molar-refractivity contribution >= 4 is 39.4 Å². The molecular weight excluding hydrogens is 499 g/mol. The largest absolute Gasteiger partial charge is 0.493 e. The molecule has 198 valence electrons. The van der Waals surface area contributed by atoms with Gasteiger partial charge < -0.3 is 30.6 Å². The minimum atomic E-state index is -0.483. The summed E-state index contributed by atoms with van der Waals surface area (Å²) in [5.74, 6) is 1.01. The van der Waals surface area contributed by atoms with Crippen LogP contribution in [0.3, 0.4) is 0 Å². The van der Waals surface area contributed by atoms with Crippen LogP contribution in [0.1, 0.15) is 19.3 Å². The van der Waals surface area contributed by atoms with Crippen molar-refractivity contribution < 1.29 is 28.2 Å². The summed E-state index contributed by atoms with van der Waals surface area (Å²) in [5.41, 5.74) is 6.48. The first-order chi connectivity index (χ1) is 17.9. The van der Waals surface area contributed by atoms with Crippen molar-refractivity contribution in [3.63, 3.8) is 0 Å². The summed E-state index contributed by atoms with van der Waals surface area (Å²) in [6.07, 6.45) is 4.00. The summed E-state index contributed by atoms with van der Waals surface area (Å²) in [4.78, 5) is 27.2. The third-order valence-corrected chi connectivity index (χ3v) is 6.25. The van der Waals surface area contributed by atoms with Gasteiger partial charge in [0.15, 0.2) is 23.1 Å². The number of fused-ring (bicyclic) bond motifs is 1. The average molecular weight is 531 g/mol. The molecule has 0 unspecified atom stereocenters. The Morgan fingerprint density at radius 3 is 2.62 bits per heavy atom. The summed E-state index contributed by atoms with van der Waals surface area (Å²) in [7, 11) is 3.26. The minimum Gasteiger partial charge on any atom is -0.493 e. The van der Waals surface area contributed by atoms with Gasteiger partial charge in [0.1, 0.15) is 5.75 Å². The molecule has 1 heterocycles. The standard InChI is InChI=1S/C26H31FN4O5S/c1-29-17-6-7-22(19(27)12-17)36-21-8-10-30-20-14-24(23(34-2)13-18(20)21)35-11-5-3-4-9-31-25(32)16-37-26(33)15-28/h6-8,10,12-14,29H,3-5,9,11,15-16,28H2,1-2H3,(H,31,32). The van der Waals surface area contributed by atoms with E-state index in [4.69, 9.17) is 19.9 Å². The number of ether oxygens (including phenoxy) is 3. The van der Waals surface area contributed by atoms with Gasteiger partial charge in [0.25, 0.3) is 0 Å². The molecule has 1 amide bonds. The molecule has 0 bridgehead atoms. The number of nitrogens with two attached hydrogens (primary N) is 1. The number of aromatic nitrogens is 1. The van der Waals surface area contributed by atoms with Crippen LogP contribution in [0.2, 0.25) is 0 Å². The number of pyridine rings is 1. The van der Waals surface area contributed by atoms with E-state index in [0.29, 0.717) is 47.0 Å². The third-order valence-electron chi connectivity index (χ3n) is 5.36. The van der Waals surface area contributed by atoms with Gasteiger partial charge in [-0.1, -0.05) is 11.8 Å². The molecule has 0 saturated carbocycles. The molecule has 4 N–H and O–H groups in total. The van der Waals surface area contributed by atoms with Crippen molar-refractivity contribution in [2.45, 2.75) is 19.3 Å². The molecule has 0 fully saturated rings. The average Bonchev–Trinajstić information content (AvgIpc) is 2.91. The summed E-state index contributed by atoms with van der Waals surface area (Å²) in [6.45, 7) is 0.910. The van der Waals surface area contributed by atoms with Gasteiger partial charge in [-0.3, -0.25) is 14.6 Å². The summed E-state index contributed by atoms with van der Waals surface area (Å²) < 4.78 is 31.7. The number of nitrogens with one attached hydrogen (secondary N) is 2. The van der Waals surface area contributed by atoms with Crippen molar-refractivity contribution in [2.24, 2.45) is 5.73 Å². The lowest BCUT2D eigenvalue weighted by Crippen LogP contribution is -2.27. The fraction of sp³-hybridized carbons (Fsp3) is 0.346. The quantitative estimate of drug-likeness (QED) is 0.264. The Labute approximate surface area is 219 Å². The van der Waals surface area contributed by atoms with Crippen molar-refractivity contribution in [1.82, 2.24) is 10.3 Å². The molecular formula is C26H31FN4O5S. The van der Waals surface area contributed by atoms with E-state index in [1.54, 1.807) is 50.7 Å². The predicted molar refractivity (Wildman–Crippen MR) is 143 cm³/mol. The molecule has 9 nitrogen and oxygen atoms in total. The molecule has 0 atom stereocenters. The van der Waals surface area contributed by atoms with Crippen LogP contribution in [0.25, 0.3) is 10.9 Å². The van der Waals surface area contributed by atoms with E-state index >= 15 is 0 Å². The van der Waals surface area contributed by atoms with Gasteiger partial charge in [-0.15, -0.1) is 0 Å². The Morgan fingerprint density at radius 1 is 1.05 bits per heavy atom. The number of benzene rings is 2. The highest BCUT2D eigenvalue weighted by Gasteiger charge is 2.14. The van der Waals surface area contributed by atoms with Crippen LogP contribution in [0.4, 0.5) is 10.1 Å². The van der Waals surface area contributed by atoms with Gasteiger partial charge in [-0.2, -0.15) is 0 Å². The van der Waals surface area contributed by atoms with Gasteiger partial charge in [0, 0.05) is 43.0 Å². The SMILES string of the molecule is CNc1ccc(Oc2ccnc3cc(OCCCCCNC(=O)CSC(=O)CN)c(OC)cc23)c(F)c1. The van der Waals surface area contributed by atoms with Crippen LogP contribution >= 0.6 is 11.8 Å². The van der Waals surface area contributed by atoms with E-state index in [0.717, 1.165) is 31.0 Å². The molecule has 11 heteroatoms. The molecule has 0 aliphatic rings. The summed E-state index contributed by atoms with van der Waals surface area (Å²) >= 11 is 0.921. The van der Waals surface area contributed by atoms with Gasteiger partial charge >= 0.3 is 0 Å². The van der Waals surface area contributed by atoms with Crippen molar-refractivity contribution in [3.05, 3.63) is 48.4 Å². The lowest BCUT2D eigenvalue weighted by atomic mass is 10.1. The number of thioether (sulfide) groups is 1. The number of rotatable bonds is 14. The first-order valence-electron chi connectivity index (χ1n) is 11.8. The number of methoxy groups -OCH3 is 1. The second-order valence-electron chi connectivity index (χ2n) is 7.95. The molecule has 1 aromatic heterocycles. The molecule has 2 aromatic carbocycles. The van der Waals surface area contributed by atoms with E-state index in [2.05, 4.69) is 15.6 Å². The van der Waals surface area contributed by atoms with Gasteiger partial charge in [-0.05, 0) is 43.5 Å². The lowest BCUT2D eigenvalue weighted by molar-refractivity contribution is -0.118. The first-order valence-corrected chi connectivity index (χ1v) is 12.8. The number of anilines is 1. The predicted octanol–water partition coefficient (Wildman–Crippen LogP) is 4.10. The Morgan fingerprint density at radius 2 is 1.89 bits per heavy atom. The topological polar surface area (TPSA) is 125 Å². The smallest absolute Gasteiger partial charge is 0.230 e. The van der Waals surface area contributed by atoms with Crippen LogP contribution in [-0.4, -0.2) is 55.6 Å². The van der Waals surface area contributed by atoms with E-state index < -0.39 is 5.82 Å². The number of carbonyl (C=O) groups excluding carboxylic acids is 2. The maximum absolute atomic E-state index is 14.4. The molecule has 37 heavy (non-hydrogen) atoms. The molecule has 0 radical (unpaired) electrons. The van der Waals surface area contributed by atoms with Crippen LogP contribution in [0.15, 0.2) is 42.6 Å². The highest BCUT2D eigenvalue weighted by atomic mass is 32.2. The lowest BCUT2D eigenvalue weighted by Gasteiger charge is -2.14. The van der Waals surface area contributed by atoms with E-state index in [-0.39, 0.29) is 29.1 Å². The monoisotopic (exact) mass is 530 g/mol. The summed E-state index contributed by atoms with van der Waals surface area (Å²) in [6, 6.07) is 9.85. The number of nitrogens with zero attached hydrogens (tertiary/aromatic N) is 1. The van der Waals surface area contributed by atoms with Gasteiger partial charge in [0.05, 0.1) is 31.5 Å². The van der Waals surface area contributed by atoms with Crippen LogP contribution < -0.4 is 30.6 Å². The number of carbonyl (C=O) groups is 2. The zero-order valence-electron chi connectivity index (χ0n) is 20.8. The van der Waals surface area contributed by atoms with Gasteiger partial charge in [-0.25, -0.2) is 4.39 Å². The number of hydrogen-bond donors (Lipinski definition) is 3. The first kappa shape index (κ1) is 28.0. The number of amides is 1. The fourth-order valence-corrected chi connectivity index (χ4v) is 3.93. The third kappa shape index (κ3) is 8.22. The van der Waals surface area contributed by atoms with Gasteiger partial charge in [0.2, 0.25) is 11.0 Å². The second-order valence-corrected chi connectivity index (χ2v) is 8.98. The molecule has 3 rings (SSSR count). The Bertz CT molecular complexity index is 1230. The molecule has 0 aliphatic heterocycles. The van der Waals surface area contributed by atoms with E-state index in [9.17, 15) is 14.0 Å². The van der Waals surface area contributed by atoms with Crippen LogP contribution in [0.5, 0.6) is 23.0 Å². The second kappa shape index (κ2) is 14.2. The van der Waals surface area contributed by atoms with E-state index in [1.807, 2.05) is 0 Å². The highest BCUT2D eigenvalue weighted by molar-refractivity contribution is 8.14. The van der Waals surface area contributed by atoms with E-state index in [1.165, 1.54) is 6.07 Å². The minimum absolute atomic E-state index is 0.0729. The highest BCUT2D eigenvalue weighted by Crippen LogP contribution is 2.37. The Hall–Kier alpha value is -3.57. The van der Waals surface area contributed by atoms with Crippen LogP contribution in [0, 0.1) is 5.82 Å². The Balaban J connectivity index is 1.54. The fourth-order valence-electron chi connectivity index (χ4n) is 3.42. The number of unbranched alkanes of at least 4 members (excludes halogenated alkanes) is 2. The molecule has 0 spiro atoms. The number of hydrogen-bond acceptors (Lipinski definition) is 9. The van der Waals surface area contributed by atoms with Crippen molar-refractivity contribution in [3.8, 4) is 23.0 Å². The summed E-state index contributed by atoms with van der Waals surface area (Å²) in [5, 5.41) is 6.12. The molecule has 0 saturated heterocycles. The molecule has 3 aromatic rings. The zero-order valence-corrected chi connectivity index (χ0v) is 21.7. The zero-order chi connectivity index (χ0) is 26.6. The van der Waals surface area contributed by atoms with Crippen molar-refractivity contribution in [1.29, 1.82) is 0 Å². The normalized spacial score (nSPS) is 10.7. The van der Waals surface area contributed by atoms with Crippen molar-refractivity contribution in [2.75, 3.05) is 44.9 Å². The maximum atomic E-state index is 14.4. The number of halogens is 1. The van der Waals surface area contributed by atoms with Crippen LogP contribution in [-0.2, 0) is 9.59 Å².